The molecule has 4 nitrogen and oxygen atoms in total. The Hall–Kier alpha value is -1.06. The molecule has 0 aromatic carbocycles. The molecule has 2 saturated heterocycles. The van der Waals surface area contributed by atoms with E-state index in [1.54, 1.807) is 4.90 Å². The van der Waals surface area contributed by atoms with Crippen LogP contribution in [0.4, 0.5) is 4.79 Å². The number of carbonyl (C=O) groups is 2. The molecule has 2 unspecified atom stereocenters. The van der Waals surface area contributed by atoms with Crippen molar-refractivity contribution in [2.75, 3.05) is 0 Å². The van der Waals surface area contributed by atoms with E-state index in [1.807, 2.05) is 0 Å². The molecule has 0 aromatic rings. The second kappa shape index (κ2) is 3.59. The Morgan fingerprint density at radius 2 is 1.86 bits per heavy atom. The van der Waals surface area contributed by atoms with Crippen LogP contribution in [0.15, 0.2) is 0 Å². The summed E-state index contributed by atoms with van der Waals surface area (Å²) < 4.78 is 0. The van der Waals surface area contributed by atoms with Crippen molar-refractivity contribution in [2.45, 2.75) is 44.2 Å². The van der Waals surface area contributed by atoms with Crippen LogP contribution in [0.5, 0.6) is 0 Å². The smallest absolute Gasteiger partial charge is 0.407 e. The monoisotopic (exact) mass is 197 g/mol. The highest BCUT2D eigenvalue weighted by Gasteiger charge is 2.40. The molecule has 0 aromatic heterocycles. The minimum atomic E-state index is -0.816. The fraction of sp³-hybridized carbons (Fsp3) is 0.800. The maximum atomic E-state index is 11.0. The third-order valence-electron chi connectivity index (χ3n) is 3.42. The molecule has 78 valence electrons. The van der Waals surface area contributed by atoms with Crippen LogP contribution in [0.25, 0.3) is 0 Å². The largest absolute Gasteiger partial charge is 0.465 e. The van der Waals surface area contributed by atoms with E-state index in [0.29, 0.717) is 0 Å². The zero-order valence-electron chi connectivity index (χ0n) is 8.06. The van der Waals surface area contributed by atoms with Crippen molar-refractivity contribution in [3.05, 3.63) is 0 Å². The minimum Gasteiger partial charge on any atom is -0.465 e. The van der Waals surface area contributed by atoms with Gasteiger partial charge in [-0.05, 0) is 32.1 Å². The summed E-state index contributed by atoms with van der Waals surface area (Å²) in [6.45, 7) is 0. The number of amides is 1. The van der Waals surface area contributed by atoms with E-state index in [9.17, 15) is 9.59 Å². The standard InChI is InChI=1S/C10H15NO3/c12-6-7-4-8-2-1-3-9(5-7)11(8)10(13)14/h6-9H,1-5H2,(H,13,14). The molecule has 2 aliphatic rings. The number of rotatable bonds is 1. The molecule has 2 fully saturated rings. The summed E-state index contributed by atoms with van der Waals surface area (Å²) >= 11 is 0. The average Bonchev–Trinajstić information content (AvgIpc) is 2.15. The topological polar surface area (TPSA) is 57.6 Å². The van der Waals surface area contributed by atoms with Crippen molar-refractivity contribution >= 4 is 12.4 Å². The van der Waals surface area contributed by atoms with Crippen molar-refractivity contribution < 1.29 is 14.7 Å². The van der Waals surface area contributed by atoms with E-state index in [1.165, 1.54) is 0 Å². The van der Waals surface area contributed by atoms with Gasteiger partial charge in [0.05, 0.1) is 0 Å². The van der Waals surface area contributed by atoms with Gasteiger partial charge in [-0.1, -0.05) is 0 Å². The van der Waals surface area contributed by atoms with E-state index >= 15 is 0 Å². The maximum absolute atomic E-state index is 11.0. The first-order chi connectivity index (χ1) is 6.72. The predicted octanol–water partition coefficient (Wildman–Crippen LogP) is 1.50. The SMILES string of the molecule is O=CC1CC2CCCC(C1)N2C(=O)O. The number of hydrogen-bond acceptors (Lipinski definition) is 2. The summed E-state index contributed by atoms with van der Waals surface area (Å²) in [5.74, 6) is 0.0842. The summed E-state index contributed by atoms with van der Waals surface area (Å²) in [4.78, 5) is 23.3. The van der Waals surface area contributed by atoms with E-state index in [0.717, 1.165) is 38.4 Å². The van der Waals surface area contributed by atoms with Gasteiger partial charge in [0.25, 0.3) is 0 Å². The number of aldehydes is 1. The molecule has 1 N–H and O–H groups in total. The Balaban J connectivity index is 2.14. The second-order valence-electron chi connectivity index (χ2n) is 4.30. The summed E-state index contributed by atoms with van der Waals surface area (Å²) in [6.07, 6.45) is 4.58. The minimum absolute atomic E-state index is 0.0842. The van der Waals surface area contributed by atoms with Crippen molar-refractivity contribution in [1.82, 2.24) is 4.90 Å². The van der Waals surface area contributed by atoms with Gasteiger partial charge in [-0.3, -0.25) is 0 Å². The second-order valence-corrected chi connectivity index (χ2v) is 4.30. The Morgan fingerprint density at radius 1 is 1.29 bits per heavy atom. The highest BCUT2D eigenvalue weighted by Crippen LogP contribution is 2.36. The molecule has 1 amide bonds. The lowest BCUT2D eigenvalue weighted by Gasteiger charge is -2.46. The molecule has 2 rings (SSSR count). The molecule has 2 heterocycles. The van der Waals surface area contributed by atoms with Gasteiger partial charge in [-0.15, -0.1) is 0 Å². The van der Waals surface area contributed by atoms with Crippen LogP contribution in [0.1, 0.15) is 32.1 Å². The lowest BCUT2D eigenvalue weighted by molar-refractivity contribution is -0.114. The van der Waals surface area contributed by atoms with Gasteiger partial charge < -0.3 is 14.8 Å². The molecular weight excluding hydrogens is 182 g/mol. The first kappa shape index (κ1) is 9.49. The Labute approximate surface area is 82.9 Å². The highest BCUT2D eigenvalue weighted by molar-refractivity contribution is 5.67. The summed E-state index contributed by atoms with van der Waals surface area (Å²) in [5, 5.41) is 9.04. The maximum Gasteiger partial charge on any atom is 0.407 e. The fourth-order valence-corrected chi connectivity index (χ4v) is 2.85. The van der Waals surface area contributed by atoms with Crippen molar-refractivity contribution in [3.8, 4) is 0 Å². The zero-order valence-corrected chi connectivity index (χ0v) is 8.06. The van der Waals surface area contributed by atoms with Crippen LogP contribution < -0.4 is 0 Å². The molecule has 0 saturated carbocycles. The van der Waals surface area contributed by atoms with Gasteiger partial charge in [-0.2, -0.15) is 0 Å². The molecular formula is C10H15NO3. The molecule has 2 aliphatic heterocycles. The molecule has 0 spiro atoms. The zero-order chi connectivity index (χ0) is 10.1. The number of carbonyl (C=O) groups excluding carboxylic acids is 1. The van der Waals surface area contributed by atoms with Gasteiger partial charge in [-0.25, -0.2) is 4.79 Å². The Bertz CT molecular complexity index is 240. The quantitative estimate of drug-likeness (QED) is 0.648. The van der Waals surface area contributed by atoms with E-state index in [-0.39, 0.29) is 18.0 Å². The third kappa shape index (κ3) is 1.49. The fourth-order valence-electron chi connectivity index (χ4n) is 2.85. The molecule has 14 heavy (non-hydrogen) atoms. The number of hydrogen-bond donors (Lipinski definition) is 1. The lowest BCUT2D eigenvalue weighted by Crippen LogP contribution is -2.54. The number of fused-ring (bicyclic) bond motifs is 2. The van der Waals surface area contributed by atoms with Gasteiger partial charge in [0.15, 0.2) is 0 Å². The Morgan fingerprint density at radius 3 is 2.29 bits per heavy atom. The summed E-state index contributed by atoms with van der Waals surface area (Å²) in [6, 6.07) is 0.186. The van der Waals surface area contributed by atoms with Gasteiger partial charge in [0, 0.05) is 18.0 Å². The first-order valence-electron chi connectivity index (χ1n) is 5.19. The van der Waals surface area contributed by atoms with Crippen molar-refractivity contribution in [3.63, 3.8) is 0 Å². The average molecular weight is 197 g/mol. The number of carboxylic acid groups (broad SMARTS) is 1. The van der Waals surface area contributed by atoms with Gasteiger partial charge in [0.1, 0.15) is 6.29 Å². The summed E-state index contributed by atoms with van der Waals surface area (Å²) in [5.41, 5.74) is 0. The van der Waals surface area contributed by atoms with Gasteiger partial charge >= 0.3 is 6.09 Å². The molecule has 0 radical (unpaired) electrons. The molecule has 0 aliphatic carbocycles. The van der Waals surface area contributed by atoms with Crippen molar-refractivity contribution in [1.29, 1.82) is 0 Å². The van der Waals surface area contributed by atoms with E-state index in [4.69, 9.17) is 5.11 Å². The van der Waals surface area contributed by atoms with Crippen LogP contribution >= 0.6 is 0 Å². The third-order valence-corrected chi connectivity index (χ3v) is 3.42. The van der Waals surface area contributed by atoms with E-state index in [2.05, 4.69) is 0 Å². The molecule has 2 atom stereocenters. The van der Waals surface area contributed by atoms with Crippen LogP contribution in [0.3, 0.4) is 0 Å². The molecule has 2 bridgehead atoms. The number of nitrogens with zero attached hydrogens (tertiary/aromatic N) is 1. The normalized spacial score (nSPS) is 36.6. The van der Waals surface area contributed by atoms with Crippen LogP contribution in [-0.4, -0.2) is 34.5 Å². The van der Waals surface area contributed by atoms with E-state index < -0.39 is 6.09 Å². The summed E-state index contributed by atoms with van der Waals surface area (Å²) in [7, 11) is 0. The Kier molecular flexibility index (Phi) is 2.44. The van der Waals surface area contributed by atoms with Crippen LogP contribution in [0, 0.1) is 5.92 Å². The first-order valence-corrected chi connectivity index (χ1v) is 5.19. The number of piperidine rings is 2. The highest BCUT2D eigenvalue weighted by atomic mass is 16.4. The van der Waals surface area contributed by atoms with Crippen LogP contribution in [0.2, 0.25) is 0 Å². The van der Waals surface area contributed by atoms with Gasteiger partial charge in [0.2, 0.25) is 0 Å². The molecule has 4 heteroatoms. The van der Waals surface area contributed by atoms with Crippen LogP contribution in [-0.2, 0) is 4.79 Å². The van der Waals surface area contributed by atoms with Crippen molar-refractivity contribution in [2.24, 2.45) is 5.92 Å². The predicted molar refractivity (Wildman–Crippen MR) is 50.1 cm³/mol. The lowest BCUT2D eigenvalue weighted by atomic mass is 9.79.